The van der Waals surface area contributed by atoms with Crippen LogP contribution in [0.15, 0.2) is 0 Å². The summed E-state index contributed by atoms with van der Waals surface area (Å²) >= 11 is 0. The summed E-state index contributed by atoms with van der Waals surface area (Å²) in [4.78, 5) is 28.9. The molecule has 2 rings (SSSR count). The summed E-state index contributed by atoms with van der Waals surface area (Å²) in [5.41, 5.74) is -0.464. The zero-order valence-corrected chi connectivity index (χ0v) is 18.8. The minimum Gasteiger partial charge on any atom is -0.444 e. The number of carbonyl (C=O) groups excluding carboxylic acids is 2. The molecule has 2 aliphatic rings. The zero-order valence-electron chi connectivity index (χ0n) is 18.8. The molecule has 1 N–H and O–H groups in total. The summed E-state index contributed by atoms with van der Waals surface area (Å²) in [5.74, 6) is 1.96. The van der Waals surface area contributed by atoms with Crippen molar-refractivity contribution in [2.75, 3.05) is 32.7 Å². The van der Waals surface area contributed by atoms with Gasteiger partial charge in [-0.1, -0.05) is 13.8 Å². The van der Waals surface area contributed by atoms with Crippen molar-refractivity contribution >= 4 is 12.0 Å². The van der Waals surface area contributed by atoms with Crippen molar-refractivity contribution in [2.24, 2.45) is 17.8 Å². The number of carbonyl (C=O) groups is 2. The van der Waals surface area contributed by atoms with E-state index in [-0.39, 0.29) is 18.0 Å². The van der Waals surface area contributed by atoms with Gasteiger partial charge in [0, 0.05) is 45.2 Å². The number of hydrogen-bond acceptors (Lipinski definition) is 4. The topological polar surface area (TPSA) is 61.9 Å². The lowest BCUT2D eigenvalue weighted by atomic mass is 9.91. The first kappa shape index (κ1) is 23.0. The monoisotopic (exact) mass is 395 g/mol. The van der Waals surface area contributed by atoms with Crippen molar-refractivity contribution in [1.82, 2.24) is 15.1 Å². The second-order valence-electron chi connectivity index (χ2n) is 10.2. The van der Waals surface area contributed by atoms with E-state index >= 15 is 0 Å². The van der Waals surface area contributed by atoms with E-state index in [4.69, 9.17) is 4.74 Å². The number of rotatable bonds is 5. The molecule has 6 heteroatoms. The fourth-order valence-electron chi connectivity index (χ4n) is 4.62. The Bertz CT molecular complexity index is 514. The van der Waals surface area contributed by atoms with Gasteiger partial charge in [-0.2, -0.15) is 0 Å². The molecular weight excluding hydrogens is 354 g/mol. The fourth-order valence-corrected chi connectivity index (χ4v) is 4.62. The van der Waals surface area contributed by atoms with Crippen LogP contribution >= 0.6 is 0 Å². The van der Waals surface area contributed by atoms with Crippen molar-refractivity contribution in [3.8, 4) is 0 Å². The lowest BCUT2D eigenvalue weighted by Crippen LogP contribution is -2.47. The molecule has 3 unspecified atom stereocenters. The van der Waals surface area contributed by atoms with Gasteiger partial charge in [-0.25, -0.2) is 4.79 Å². The molecule has 0 aromatic carbocycles. The van der Waals surface area contributed by atoms with E-state index in [0.29, 0.717) is 25.4 Å². The van der Waals surface area contributed by atoms with E-state index in [1.807, 2.05) is 20.8 Å². The molecule has 28 heavy (non-hydrogen) atoms. The maximum Gasteiger partial charge on any atom is 0.410 e. The number of nitrogens with one attached hydrogen (secondary N) is 1. The van der Waals surface area contributed by atoms with Gasteiger partial charge in [-0.3, -0.25) is 4.79 Å². The molecule has 2 heterocycles. The summed E-state index contributed by atoms with van der Waals surface area (Å²) in [6, 6.07) is 0.173. The van der Waals surface area contributed by atoms with Gasteiger partial charge < -0.3 is 19.9 Å². The molecule has 0 aromatic rings. The van der Waals surface area contributed by atoms with Gasteiger partial charge in [0.25, 0.3) is 0 Å². The van der Waals surface area contributed by atoms with Crippen LogP contribution in [-0.2, 0) is 9.53 Å². The molecule has 0 radical (unpaired) electrons. The highest BCUT2D eigenvalue weighted by Gasteiger charge is 2.28. The third-order valence-electron chi connectivity index (χ3n) is 5.62. The van der Waals surface area contributed by atoms with Gasteiger partial charge >= 0.3 is 6.09 Å². The lowest BCUT2D eigenvalue weighted by molar-refractivity contribution is -0.123. The smallest absolute Gasteiger partial charge is 0.410 e. The number of ether oxygens (including phenoxy) is 1. The van der Waals surface area contributed by atoms with Crippen LogP contribution in [-0.4, -0.2) is 66.2 Å². The summed E-state index contributed by atoms with van der Waals surface area (Å²) in [7, 11) is 0. The second-order valence-corrected chi connectivity index (χ2v) is 10.2. The standard InChI is InChI=1S/C22H41N3O3/c1-16-11-17(2)14-24(13-16)15-18(3)23-20(26)12-19-7-9-25(10-8-19)21(27)28-22(4,5)6/h16-19H,7-15H2,1-6H3,(H,23,26). The van der Waals surface area contributed by atoms with E-state index in [0.717, 1.165) is 44.3 Å². The van der Waals surface area contributed by atoms with Crippen LogP contribution in [0, 0.1) is 17.8 Å². The van der Waals surface area contributed by atoms with Gasteiger partial charge in [0.2, 0.25) is 5.91 Å². The Hall–Kier alpha value is -1.30. The second kappa shape index (κ2) is 9.95. The first-order valence-electron chi connectivity index (χ1n) is 11.0. The molecule has 0 saturated carbocycles. The largest absolute Gasteiger partial charge is 0.444 e. The molecule has 2 fully saturated rings. The number of likely N-dealkylation sites (tertiary alicyclic amines) is 2. The zero-order chi connectivity index (χ0) is 20.9. The van der Waals surface area contributed by atoms with Crippen LogP contribution in [0.1, 0.15) is 67.2 Å². The van der Waals surface area contributed by atoms with E-state index < -0.39 is 5.60 Å². The number of piperidine rings is 2. The van der Waals surface area contributed by atoms with Crippen LogP contribution in [0.2, 0.25) is 0 Å². The molecule has 2 saturated heterocycles. The average molecular weight is 396 g/mol. The average Bonchev–Trinajstić information content (AvgIpc) is 2.52. The summed E-state index contributed by atoms with van der Waals surface area (Å²) in [5, 5.41) is 3.18. The normalized spacial score (nSPS) is 26.0. The van der Waals surface area contributed by atoms with Gasteiger partial charge in [0.15, 0.2) is 0 Å². The van der Waals surface area contributed by atoms with Crippen molar-refractivity contribution in [2.45, 2.75) is 78.9 Å². The Morgan fingerprint density at radius 1 is 1.11 bits per heavy atom. The van der Waals surface area contributed by atoms with Crippen molar-refractivity contribution in [1.29, 1.82) is 0 Å². The van der Waals surface area contributed by atoms with Crippen molar-refractivity contribution < 1.29 is 14.3 Å². The first-order chi connectivity index (χ1) is 13.0. The van der Waals surface area contributed by atoms with Crippen LogP contribution in [0.4, 0.5) is 4.79 Å². The summed E-state index contributed by atoms with van der Waals surface area (Å²) in [6.07, 6.45) is 3.34. The van der Waals surface area contributed by atoms with E-state index in [1.165, 1.54) is 6.42 Å². The van der Waals surface area contributed by atoms with E-state index in [2.05, 4.69) is 31.0 Å². The molecule has 0 spiro atoms. The van der Waals surface area contributed by atoms with Crippen LogP contribution < -0.4 is 5.32 Å². The Morgan fingerprint density at radius 3 is 2.21 bits per heavy atom. The predicted octanol–water partition coefficient (Wildman–Crippen LogP) is 3.51. The van der Waals surface area contributed by atoms with Crippen LogP contribution in [0.3, 0.4) is 0 Å². The SMILES string of the molecule is CC1CC(C)CN(CC(C)NC(=O)CC2CCN(C(=O)OC(C)(C)C)CC2)C1. The number of nitrogens with zero attached hydrogens (tertiary/aromatic N) is 2. The third kappa shape index (κ3) is 7.98. The Balaban J connectivity index is 1.67. The maximum atomic E-state index is 12.5. The minimum absolute atomic E-state index is 0.140. The minimum atomic E-state index is -0.464. The van der Waals surface area contributed by atoms with Crippen LogP contribution in [0.5, 0.6) is 0 Å². The number of amides is 2. The highest BCUT2D eigenvalue weighted by molar-refractivity contribution is 5.76. The van der Waals surface area contributed by atoms with Crippen LogP contribution in [0.25, 0.3) is 0 Å². The van der Waals surface area contributed by atoms with Gasteiger partial charge in [-0.15, -0.1) is 0 Å². The van der Waals surface area contributed by atoms with Crippen molar-refractivity contribution in [3.63, 3.8) is 0 Å². The maximum absolute atomic E-state index is 12.5. The van der Waals surface area contributed by atoms with E-state index in [9.17, 15) is 9.59 Å². The van der Waals surface area contributed by atoms with Crippen molar-refractivity contribution in [3.05, 3.63) is 0 Å². The van der Waals surface area contributed by atoms with Gasteiger partial charge in [-0.05, 0) is 64.7 Å². The van der Waals surface area contributed by atoms with Gasteiger partial charge in [0.1, 0.15) is 5.60 Å². The molecule has 2 aliphatic heterocycles. The molecule has 162 valence electrons. The molecule has 2 amide bonds. The Morgan fingerprint density at radius 2 is 1.68 bits per heavy atom. The quantitative estimate of drug-likeness (QED) is 0.774. The first-order valence-corrected chi connectivity index (χ1v) is 11.0. The molecule has 0 aliphatic carbocycles. The molecule has 6 nitrogen and oxygen atoms in total. The molecule has 3 atom stereocenters. The molecular formula is C22H41N3O3. The number of hydrogen-bond donors (Lipinski definition) is 1. The Labute approximate surface area is 171 Å². The fraction of sp³-hybridized carbons (Fsp3) is 0.909. The lowest BCUT2D eigenvalue weighted by Gasteiger charge is -2.36. The third-order valence-corrected chi connectivity index (χ3v) is 5.62. The van der Waals surface area contributed by atoms with Gasteiger partial charge in [0.05, 0.1) is 0 Å². The summed E-state index contributed by atoms with van der Waals surface area (Å²) < 4.78 is 5.44. The molecule has 0 aromatic heterocycles. The highest BCUT2D eigenvalue weighted by Crippen LogP contribution is 2.23. The highest BCUT2D eigenvalue weighted by atomic mass is 16.6. The summed E-state index contributed by atoms with van der Waals surface area (Å²) in [6.45, 7) is 16.9. The molecule has 0 bridgehead atoms. The predicted molar refractivity (Wildman–Crippen MR) is 112 cm³/mol. The Kier molecular flexibility index (Phi) is 8.17. The van der Waals surface area contributed by atoms with E-state index in [1.54, 1.807) is 4.90 Å².